The molecule has 4 rings (SSSR count). The molecule has 2 aromatic rings. The van der Waals surface area contributed by atoms with Crippen molar-refractivity contribution in [3.05, 3.63) is 65.3 Å². The molecule has 28 heavy (non-hydrogen) atoms. The summed E-state index contributed by atoms with van der Waals surface area (Å²) in [7, 11) is 0. The summed E-state index contributed by atoms with van der Waals surface area (Å²) in [4.78, 5) is 3.57. The Balaban J connectivity index is 1.60. The van der Waals surface area contributed by atoms with Crippen molar-refractivity contribution < 1.29 is 4.74 Å². The fourth-order valence-corrected chi connectivity index (χ4v) is 3.78. The molecule has 0 radical (unpaired) electrons. The molecule has 2 N–H and O–H groups in total. The van der Waals surface area contributed by atoms with E-state index in [0.717, 1.165) is 17.3 Å². The highest BCUT2D eigenvalue weighted by atomic mass is 16.5. The second kappa shape index (κ2) is 8.66. The molecule has 1 fully saturated rings. The average molecular weight is 375 g/mol. The standard InChI is InChI=1S/C25H30N2O/c1-3-5-6-11-21-22-14-12-18(16-24(22)27-23(21)8-4-2)19-13-15-25(26-17-19)28-20-9-7-10-20/h4,8,11-17,20,25-27H,2-3,5-7,9-10H2,1H3/b21-11-,23-8+. The fourth-order valence-electron chi connectivity index (χ4n) is 3.78. The zero-order chi connectivity index (χ0) is 19.3. The van der Waals surface area contributed by atoms with Gasteiger partial charge in [0, 0.05) is 27.7 Å². The normalized spacial score (nSPS) is 20.9. The van der Waals surface area contributed by atoms with Crippen LogP contribution in [0.1, 0.15) is 51.0 Å². The minimum absolute atomic E-state index is 0.00293. The quantitative estimate of drug-likeness (QED) is 0.700. The van der Waals surface area contributed by atoms with Crippen molar-refractivity contribution in [1.29, 1.82) is 0 Å². The number of rotatable bonds is 7. The first-order valence-corrected chi connectivity index (χ1v) is 10.5. The van der Waals surface area contributed by atoms with Gasteiger partial charge >= 0.3 is 0 Å². The molecule has 0 saturated heterocycles. The summed E-state index contributed by atoms with van der Waals surface area (Å²) in [6, 6.07) is 6.67. The molecule has 1 aromatic carbocycles. The molecule has 1 saturated carbocycles. The number of H-pyrrole nitrogens is 1. The third kappa shape index (κ3) is 4.00. The number of benzene rings is 1. The summed E-state index contributed by atoms with van der Waals surface area (Å²) in [5.74, 6) is 0. The summed E-state index contributed by atoms with van der Waals surface area (Å²) in [6.45, 7) is 6.09. The Kier molecular flexibility index (Phi) is 5.82. The first-order chi connectivity index (χ1) is 13.8. The van der Waals surface area contributed by atoms with Crippen LogP contribution in [0.3, 0.4) is 0 Å². The third-order valence-electron chi connectivity index (χ3n) is 5.64. The van der Waals surface area contributed by atoms with Crippen LogP contribution in [0.2, 0.25) is 0 Å². The minimum Gasteiger partial charge on any atom is -0.362 e. The second-order valence-electron chi connectivity index (χ2n) is 7.70. The molecule has 146 valence electrons. The van der Waals surface area contributed by atoms with Gasteiger partial charge in [-0.25, -0.2) is 0 Å². The van der Waals surface area contributed by atoms with Crippen molar-refractivity contribution >= 4 is 28.6 Å². The van der Waals surface area contributed by atoms with E-state index in [1.165, 1.54) is 53.8 Å². The van der Waals surface area contributed by atoms with E-state index in [0.29, 0.717) is 6.10 Å². The Morgan fingerprint density at radius 1 is 1.29 bits per heavy atom. The first-order valence-electron chi connectivity index (χ1n) is 10.5. The molecular formula is C25H30N2O. The highest BCUT2D eigenvalue weighted by Gasteiger charge is 2.21. The second-order valence-corrected chi connectivity index (χ2v) is 7.70. The van der Waals surface area contributed by atoms with E-state index in [2.05, 4.69) is 72.5 Å². The SMILES string of the molecule is C=C/C=c1/[nH]c2cc(C3=CNC(OC4CCC4)C=C3)ccc2/c1=C/CCCC. The van der Waals surface area contributed by atoms with Crippen molar-refractivity contribution in [3.8, 4) is 0 Å². The van der Waals surface area contributed by atoms with Crippen molar-refractivity contribution in [2.45, 2.75) is 57.8 Å². The van der Waals surface area contributed by atoms with E-state index in [-0.39, 0.29) is 6.23 Å². The highest BCUT2D eigenvalue weighted by molar-refractivity contribution is 5.87. The fraction of sp³-hybridized carbons (Fsp3) is 0.360. The molecule has 2 aliphatic rings. The molecule has 2 heterocycles. The van der Waals surface area contributed by atoms with E-state index in [1.807, 2.05) is 6.08 Å². The summed E-state index contributed by atoms with van der Waals surface area (Å²) < 4.78 is 6.01. The third-order valence-corrected chi connectivity index (χ3v) is 5.64. The summed E-state index contributed by atoms with van der Waals surface area (Å²) in [5.41, 5.74) is 3.54. The summed E-state index contributed by atoms with van der Waals surface area (Å²) in [6.07, 6.45) is 20.2. The number of hydrogen-bond donors (Lipinski definition) is 2. The maximum Gasteiger partial charge on any atom is 0.147 e. The lowest BCUT2D eigenvalue weighted by atomic mass is 9.96. The first kappa shape index (κ1) is 18.8. The Morgan fingerprint density at radius 3 is 2.86 bits per heavy atom. The van der Waals surface area contributed by atoms with E-state index in [9.17, 15) is 0 Å². The summed E-state index contributed by atoms with van der Waals surface area (Å²) in [5, 5.41) is 7.07. The van der Waals surface area contributed by atoms with Crippen LogP contribution in [0.25, 0.3) is 28.6 Å². The number of nitrogens with one attached hydrogen (secondary N) is 2. The maximum absolute atomic E-state index is 6.01. The highest BCUT2D eigenvalue weighted by Crippen LogP contribution is 2.25. The van der Waals surface area contributed by atoms with Crippen LogP contribution in [-0.2, 0) is 4.74 Å². The van der Waals surface area contributed by atoms with E-state index < -0.39 is 0 Å². The zero-order valence-electron chi connectivity index (χ0n) is 16.7. The lowest BCUT2D eigenvalue weighted by Gasteiger charge is -2.30. The zero-order valence-corrected chi connectivity index (χ0v) is 16.7. The van der Waals surface area contributed by atoms with Gasteiger partial charge in [-0.05, 0) is 55.0 Å². The minimum atomic E-state index is -0.00293. The lowest BCUT2D eigenvalue weighted by Crippen LogP contribution is -2.35. The van der Waals surface area contributed by atoms with Crippen LogP contribution in [0.5, 0.6) is 0 Å². The molecular weight excluding hydrogens is 344 g/mol. The van der Waals surface area contributed by atoms with Crippen LogP contribution in [0.15, 0.2) is 49.2 Å². The number of aromatic amines is 1. The monoisotopic (exact) mass is 374 g/mol. The van der Waals surface area contributed by atoms with Gasteiger partial charge in [0.05, 0.1) is 6.10 Å². The van der Waals surface area contributed by atoms with Crippen LogP contribution in [0, 0.1) is 0 Å². The van der Waals surface area contributed by atoms with Crippen molar-refractivity contribution in [3.63, 3.8) is 0 Å². The lowest BCUT2D eigenvalue weighted by molar-refractivity contribution is -0.0387. The molecule has 1 atom stereocenters. The number of allylic oxidation sites excluding steroid dienone is 3. The molecule has 1 aliphatic carbocycles. The average Bonchev–Trinajstić information content (AvgIpc) is 3.02. The Bertz CT molecular complexity index is 1020. The van der Waals surface area contributed by atoms with Crippen LogP contribution in [0.4, 0.5) is 0 Å². The Hall–Kier alpha value is -2.52. The van der Waals surface area contributed by atoms with E-state index in [1.54, 1.807) is 0 Å². The Morgan fingerprint density at radius 2 is 2.18 bits per heavy atom. The smallest absolute Gasteiger partial charge is 0.147 e. The van der Waals surface area contributed by atoms with E-state index in [4.69, 9.17) is 4.74 Å². The van der Waals surface area contributed by atoms with Gasteiger partial charge in [-0.1, -0.05) is 56.7 Å². The number of ether oxygens (including phenoxy) is 1. The van der Waals surface area contributed by atoms with Crippen molar-refractivity contribution in [2.24, 2.45) is 0 Å². The van der Waals surface area contributed by atoms with Gasteiger partial charge in [-0.15, -0.1) is 0 Å². The topological polar surface area (TPSA) is 37.0 Å². The molecule has 3 heteroatoms. The number of hydrogen-bond acceptors (Lipinski definition) is 2. The van der Waals surface area contributed by atoms with Gasteiger partial charge in [-0.2, -0.15) is 0 Å². The number of unbranched alkanes of at least 4 members (excludes halogenated alkanes) is 2. The molecule has 0 bridgehead atoms. The molecule has 3 nitrogen and oxygen atoms in total. The number of dihydropyridines is 1. The molecule has 1 aliphatic heterocycles. The van der Waals surface area contributed by atoms with Gasteiger partial charge in [0.25, 0.3) is 0 Å². The predicted octanol–water partition coefficient (Wildman–Crippen LogP) is 4.50. The predicted molar refractivity (Wildman–Crippen MR) is 119 cm³/mol. The van der Waals surface area contributed by atoms with Gasteiger partial charge in [-0.3, -0.25) is 0 Å². The number of fused-ring (bicyclic) bond motifs is 1. The van der Waals surface area contributed by atoms with Gasteiger partial charge < -0.3 is 15.0 Å². The summed E-state index contributed by atoms with van der Waals surface area (Å²) >= 11 is 0. The van der Waals surface area contributed by atoms with Crippen molar-refractivity contribution in [2.75, 3.05) is 0 Å². The van der Waals surface area contributed by atoms with E-state index >= 15 is 0 Å². The molecule has 1 unspecified atom stereocenters. The van der Waals surface area contributed by atoms with Crippen LogP contribution >= 0.6 is 0 Å². The largest absolute Gasteiger partial charge is 0.362 e. The van der Waals surface area contributed by atoms with Gasteiger partial charge in [0.1, 0.15) is 6.23 Å². The van der Waals surface area contributed by atoms with Crippen LogP contribution in [-0.4, -0.2) is 17.3 Å². The Labute approximate surface area is 167 Å². The molecule has 0 spiro atoms. The molecule has 1 aromatic heterocycles. The van der Waals surface area contributed by atoms with Crippen molar-refractivity contribution in [1.82, 2.24) is 10.3 Å². The number of aromatic nitrogens is 1. The van der Waals surface area contributed by atoms with Crippen LogP contribution < -0.4 is 15.9 Å². The van der Waals surface area contributed by atoms with Gasteiger partial charge in [0.2, 0.25) is 0 Å². The maximum atomic E-state index is 6.01. The van der Waals surface area contributed by atoms with Gasteiger partial charge in [0.15, 0.2) is 0 Å². The molecule has 0 amide bonds.